The summed E-state index contributed by atoms with van der Waals surface area (Å²) in [6.45, 7) is 6.20. The van der Waals surface area contributed by atoms with Crippen molar-refractivity contribution in [3.63, 3.8) is 0 Å². The Labute approximate surface area is 166 Å². The van der Waals surface area contributed by atoms with Crippen LogP contribution in [-0.4, -0.2) is 23.0 Å². The molecule has 148 valence electrons. The van der Waals surface area contributed by atoms with Crippen LogP contribution in [0, 0.1) is 11.8 Å². The van der Waals surface area contributed by atoms with Crippen LogP contribution in [0.5, 0.6) is 0 Å². The van der Waals surface area contributed by atoms with Crippen molar-refractivity contribution >= 4 is 34.5 Å². The van der Waals surface area contributed by atoms with E-state index in [0.717, 1.165) is 49.8 Å². The van der Waals surface area contributed by atoms with Crippen molar-refractivity contribution in [3.05, 3.63) is 21.9 Å². The number of rotatable bonds is 5. The molecular weight excluding hydrogens is 358 g/mol. The number of thiophene rings is 1. The molecule has 1 N–H and O–H groups in total. The first-order chi connectivity index (χ1) is 12.9. The minimum absolute atomic E-state index is 0.0162. The molecule has 1 aromatic rings. The van der Waals surface area contributed by atoms with Crippen molar-refractivity contribution in [3.8, 4) is 0 Å². The van der Waals surface area contributed by atoms with Crippen LogP contribution < -0.4 is 4.90 Å². The summed E-state index contributed by atoms with van der Waals surface area (Å²) in [5, 5.41) is 9.79. The Morgan fingerprint density at radius 1 is 1.19 bits per heavy atom. The molecule has 0 bridgehead atoms. The molecule has 1 aromatic heterocycles. The minimum Gasteiger partial charge on any atom is -0.477 e. The van der Waals surface area contributed by atoms with E-state index in [9.17, 15) is 14.7 Å². The molecule has 0 aromatic carbocycles. The van der Waals surface area contributed by atoms with E-state index in [4.69, 9.17) is 0 Å². The van der Waals surface area contributed by atoms with E-state index in [2.05, 4.69) is 13.0 Å². The van der Waals surface area contributed by atoms with Gasteiger partial charge in [0, 0.05) is 16.8 Å². The summed E-state index contributed by atoms with van der Waals surface area (Å²) < 4.78 is 0. The second kappa shape index (κ2) is 8.59. The molecule has 1 fully saturated rings. The lowest BCUT2D eigenvalue weighted by molar-refractivity contribution is -0.123. The normalized spacial score (nSPS) is 23.2. The molecule has 0 atom stereocenters. The van der Waals surface area contributed by atoms with Gasteiger partial charge in [-0.15, -0.1) is 11.3 Å². The van der Waals surface area contributed by atoms with Gasteiger partial charge in [0.15, 0.2) is 0 Å². The molecule has 1 amide bonds. The SMILES string of the molecule is CC(C)N(c1cc(C2=CCCCC2)sc1C(=O)O)C(=O)[C@H]1CC[C@H](C)CC1. The van der Waals surface area contributed by atoms with Gasteiger partial charge in [-0.25, -0.2) is 4.79 Å². The Balaban J connectivity index is 1.94. The first-order valence-electron chi connectivity index (χ1n) is 10.3. The standard InChI is InChI=1S/C22H31NO3S/c1-14(2)23(21(24)17-11-9-15(3)10-12-17)18-13-19(27-20(18)22(25)26)16-7-5-4-6-8-16/h7,13-15,17H,4-6,8-12H2,1-3H3,(H,25,26)/t15-,17-. The summed E-state index contributed by atoms with van der Waals surface area (Å²) >= 11 is 1.32. The largest absolute Gasteiger partial charge is 0.477 e. The monoisotopic (exact) mass is 389 g/mol. The maximum atomic E-state index is 13.3. The van der Waals surface area contributed by atoms with Crippen LogP contribution in [0.3, 0.4) is 0 Å². The number of nitrogens with zero attached hydrogens (tertiary/aromatic N) is 1. The quantitative estimate of drug-likeness (QED) is 0.675. The molecule has 0 saturated heterocycles. The van der Waals surface area contributed by atoms with Crippen molar-refractivity contribution in [1.82, 2.24) is 0 Å². The van der Waals surface area contributed by atoms with Crippen LogP contribution in [-0.2, 0) is 4.79 Å². The molecule has 0 aliphatic heterocycles. The lowest BCUT2D eigenvalue weighted by Gasteiger charge is -2.33. The Hall–Kier alpha value is -1.62. The molecule has 4 nitrogen and oxygen atoms in total. The van der Waals surface area contributed by atoms with Crippen LogP contribution >= 0.6 is 11.3 Å². The van der Waals surface area contributed by atoms with Crippen LogP contribution in [0.1, 0.15) is 86.7 Å². The number of carbonyl (C=O) groups excluding carboxylic acids is 1. The molecule has 1 saturated carbocycles. The Morgan fingerprint density at radius 3 is 2.44 bits per heavy atom. The van der Waals surface area contributed by atoms with Gasteiger partial charge in [0.25, 0.3) is 0 Å². The van der Waals surface area contributed by atoms with E-state index in [1.54, 1.807) is 4.90 Å². The fraction of sp³-hybridized carbons (Fsp3) is 0.636. The smallest absolute Gasteiger partial charge is 0.348 e. The second-order valence-electron chi connectivity index (χ2n) is 8.36. The third kappa shape index (κ3) is 4.45. The van der Waals surface area contributed by atoms with Crippen molar-refractivity contribution in [2.45, 2.75) is 78.2 Å². The number of amides is 1. The van der Waals surface area contributed by atoms with Crippen molar-refractivity contribution in [1.29, 1.82) is 0 Å². The summed E-state index contributed by atoms with van der Waals surface area (Å²) in [5.74, 6) is -0.139. The number of aromatic carboxylic acids is 1. The Kier molecular flexibility index (Phi) is 6.40. The minimum atomic E-state index is -0.937. The highest BCUT2D eigenvalue weighted by Gasteiger charge is 2.33. The van der Waals surface area contributed by atoms with Gasteiger partial charge in [-0.2, -0.15) is 0 Å². The number of anilines is 1. The van der Waals surface area contributed by atoms with Gasteiger partial charge in [0.05, 0.1) is 5.69 Å². The van der Waals surface area contributed by atoms with Gasteiger partial charge in [-0.05, 0) is 82.8 Å². The molecule has 1 heterocycles. The fourth-order valence-electron chi connectivity index (χ4n) is 4.29. The highest BCUT2D eigenvalue weighted by Crippen LogP contribution is 2.40. The topological polar surface area (TPSA) is 57.6 Å². The first kappa shape index (κ1) is 20.1. The van der Waals surface area contributed by atoms with E-state index >= 15 is 0 Å². The summed E-state index contributed by atoms with van der Waals surface area (Å²) in [6, 6.07) is 1.90. The molecule has 0 spiro atoms. The molecule has 3 rings (SSSR count). The third-order valence-electron chi connectivity index (χ3n) is 5.89. The maximum Gasteiger partial charge on any atom is 0.348 e. The van der Waals surface area contributed by atoms with E-state index in [1.165, 1.54) is 23.3 Å². The van der Waals surface area contributed by atoms with Crippen molar-refractivity contribution in [2.75, 3.05) is 4.90 Å². The Morgan fingerprint density at radius 2 is 1.89 bits per heavy atom. The molecule has 2 aliphatic carbocycles. The van der Waals surface area contributed by atoms with Gasteiger partial charge < -0.3 is 10.0 Å². The highest BCUT2D eigenvalue weighted by atomic mass is 32.1. The van der Waals surface area contributed by atoms with E-state index in [0.29, 0.717) is 16.5 Å². The van der Waals surface area contributed by atoms with E-state index < -0.39 is 5.97 Å². The number of carboxylic acid groups (broad SMARTS) is 1. The van der Waals surface area contributed by atoms with Gasteiger partial charge in [-0.3, -0.25) is 4.79 Å². The third-order valence-corrected chi connectivity index (χ3v) is 7.08. The number of hydrogen-bond acceptors (Lipinski definition) is 3. The summed E-state index contributed by atoms with van der Waals surface area (Å²) in [4.78, 5) is 28.3. The molecule has 27 heavy (non-hydrogen) atoms. The fourth-order valence-corrected chi connectivity index (χ4v) is 5.34. The van der Waals surface area contributed by atoms with E-state index in [-0.39, 0.29) is 17.9 Å². The Bertz CT molecular complexity index is 726. The maximum absolute atomic E-state index is 13.3. The van der Waals surface area contributed by atoms with Crippen molar-refractivity contribution < 1.29 is 14.7 Å². The van der Waals surface area contributed by atoms with Crippen LogP contribution in [0.2, 0.25) is 0 Å². The molecule has 5 heteroatoms. The predicted octanol–water partition coefficient (Wildman–Crippen LogP) is 5.97. The van der Waals surface area contributed by atoms with Gasteiger partial charge in [0.1, 0.15) is 4.88 Å². The average Bonchev–Trinajstić information content (AvgIpc) is 3.08. The van der Waals surface area contributed by atoms with E-state index in [1.807, 2.05) is 19.9 Å². The summed E-state index contributed by atoms with van der Waals surface area (Å²) in [5.41, 5.74) is 1.83. The second-order valence-corrected chi connectivity index (χ2v) is 9.42. The van der Waals surface area contributed by atoms with Crippen LogP contribution in [0.15, 0.2) is 12.1 Å². The van der Waals surface area contributed by atoms with Crippen LogP contribution in [0.25, 0.3) is 5.57 Å². The lowest BCUT2D eigenvalue weighted by atomic mass is 9.82. The predicted molar refractivity (Wildman–Crippen MR) is 111 cm³/mol. The molecular formula is C22H31NO3S. The highest BCUT2D eigenvalue weighted by molar-refractivity contribution is 7.15. The summed E-state index contributed by atoms with van der Waals surface area (Å²) in [7, 11) is 0. The number of hydrogen-bond donors (Lipinski definition) is 1. The molecule has 0 unspecified atom stereocenters. The number of carbonyl (C=O) groups is 2. The number of allylic oxidation sites excluding steroid dienone is 2. The number of carboxylic acids is 1. The van der Waals surface area contributed by atoms with Crippen LogP contribution in [0.4, 0.5) is 5.69 Å². The zero-order valence-electron chi connectivity index (χ0n) is 16.7. The zero-order valence-corrected chi connectivity index (χ0v) is 17.5. The first-order valence-corrected chi connectivity index (χ1v) is 11.1. The molecule has 0 radical (unpaired) electrons. The van der Waals surface area contributed by atoms with Gasteiger partial charge >= 0.3 is 5.97 Å². The van der Waals surface area contributed by atoms with Gasteiger partial charge in [0.2, 0.25) is 5.91 Å². The van der Waals surface area contributed by atoms with Gasteiger partial charge in [-0.1, -0.05) is 13.0 Å². The van der Waals surface area contributed by atoms with Crippen molar-refractivity contribution in [2.24, 2.45) is 11.8 Å². The average molecular weight is 390 g/mol. The zero-order chi connectivity index (χ0) is 19.6. The summed E-state index contributed by atoms with van der Waals surface area (Å²) in [6.07, 6.45) is 10.6. The lowest BCUT2D eigenvalue weighted by Crippen LogP contribution is -2.42. The molecule has 2 aliphatic rings.